The van der Waals surface area contributed by atoms with Crippen LogP contribution >= 0.6 is 0 Å². The number of amides is 3. The van der Waals surface area contributed by atoms with Gasteiger partial charge in [0.25, 0.3) is 5.91 Å². The first-order chi connectivity index (χ1) is 5.00. The Hall–Kier alpha value is -1.14. The average molecular weight is 161 g/mol. The average Bonchev–Trinajstić information content (AvgIpc) is 1.85. The molecule has 0 aliphatic rings. The highest BCUT2D eigenvalue weighted by atomic mass is 16.3. The molecule has 0 fully saturated rings. The largest absolute Gasteiger partial charge is 0.387 e. The zero-order chi connectivity index (χ0) is 9.02. The summed E-state index contributed by atoms with van der Waals surface area (Å²) in [6, 6.07) is -0.959. The van der Waals surface area contributed by atoms with E-state index in [9.17, 15) is 9.59 Å². The highest BCUT2D eigenvalue weighted by Gasteiger charge is 2.20. The second-order valence-corrected chi connectivity index (χ2v) is 2.00. The summed E-state index contributed by atoms with van der Waals surface area (Å²) >= 11 is 0. The number of urea groups is 1. The zero-order valence-corrected chi connectivity index (χ0v) is 6.15. The Morgan fingerprint density at radius 1 is 1.64 bits per heavy atom. The molecule has 0 rings (SSSR count). The van der Waals surface area contributed by atoms with E-state index in [1.54, 1.807) is 0 Å². The molecule has 0 saturated carbocycles. The van der Waals surface area contributed by atoms with Crippen LogP contribution in [0.2, 0.25) is 0 Å². The van der Waals surface area contributed by atoms with E-state index in [-0.39, 0.29) is 0 Å². The van der Waals surface area contributed by atoms with Gasteiger partial charge >= 0.3 is 6.03 Å². The second kappa shape index (κ2) is 3.89. The number of aliphatic hydroxyl groups is 1. The summed E-state index contributed by atoms with van der Waals surface area (Å²) in [4.78, 5) is 21.8. The van der Waals surface area contributed by atoms with Crippen molar-refractivity contribution in [1.82, 2.24) is 4.90 Å². The van der Waals surface area contributed by atoms with Gasteiger partial charge in [0.15, 0.2) is 0 Å². The van der Waals surface area contributed by atoms with Crippen LogP contribution < -0.4 is 11.5 Å². The zero-order valence-electron chi connectivity index (χ0n) is 6.15. The van der Waals surface area contributed by atoms with Gasteiger partial charge in [-0.2, -0.15) is 0 Å². The van der Waals surface area contributed by atoms with E-state index in [1.165, 1.54) is 6.92 Å². The Bertz CT molecular complexity index is 168. The Balaban J connectivity index is 4.34. The van der Waals surface area contributed by atoms with Gasteiger partial charge in [-0.1, -0.05) is 0 Å². The van der Waals surface area contributed by atoms with Crippen molar-refractivity contribution in [3.63, 3.8) is 0 Å². The Labute approximate surface area is 63.8 Å². The van der Waals surface area contributed by atoms with Gasteiger partial charge in [-0.25, -0.2) is 9.69 Å². The number of rotatable bonds is 2. The third kappa shape index (κ3) is 2.52. The number of aliphatic hydroxyl groups excluding tert-OH is 1. The summed E-state index contributed by atoms with van der Waals surface area (Å²) in [7, 11) is 0. The minimum Gasteiger partial charge on any atom is -0.387 e. The quantitative estimate of drug-likeness (QED) is 0.414. The highest BCUT2D eigenvalue weighted by molar-refractivity contribution is 5.94. The number of nitrogens with zero attached hydrogens (tertiary/aromatic N) is 1. The Kier molecular flexibility index (Phi) is 3.49. The van der Waals surface area contributed by atoms with E-state index in [1.807, 2.05) is 0 Å². The van der Waals surface area contributed by atoms with Gasteiger partial charge in [0.1, 0.15) is 6.61 Å². The highest BCUT2D eigenvalue weighted by Crippen LogP contribution is 1.92. The number of carbonyl (C=O) groups is 2. The molecule has 3 amide bonds. The molecule has 0 spiro atoms. The number of imide groups is 1. The van der Waals surface area contributed by atoms with Crippen LogP contribution in [-0.2, 0) is 4.79 Å². The van der Waals surface area contributed by atoms with Crippen LogP contribution in [0.1, 0.15) is 6.92 Å². The van der Waals surface area contributed by atoms with Gasteiger partial charge in [-0.3, -0.25) is 4.79 Å². The third-order valence-corrected chi connectivity index (χ3v) is 1.05. The number of primary amides is 1. The van der Waals surface area contributed by atoms with Crippen molar-refractivity contribution in [1.29, 1.82) is 0 Å². The van der Waals surface area contributed by atoms with Gasteiger partial charge in [-0.15, -0.1) is 0 Å². The lowest BCUT2D eigenvalue weighted by atomic mass is 10.4. The van der Waals surface area contributed by atoms with E-state index in [0.717, 1.165) is 0 Å². The maximum absolute atomic E-state index is 10.7. The Morgan fingerprint density at radius 3 is 2.18 bits per heavy atom. The molecular weight excluding hydrogens is 150 g/mol. The maximum atomic E-state index is 10.7. The van der Waals surface area contributed by atoms with Crippen LogP contribution in [0.15, 0.2) is 0 Å². The van der Waals surface area contributed by atoms with Gasteiger partial charge < -0.3 is 16.6 Å². The third-order valence-electron chi connectivity index (χ3n) is 1.05. The molecule has 6 nitrogen and oxygen atoms in total. The summed E-state index contributed by atoms with van der Waals surface area (Å²) in [5, 5.41) is 8.35. The monoisotopic (exact) mass is 161 g/mol. The van der Waals surface area contributed by atoms with Crippen molar-refractivity contribution in [2.75, 3.05) is 6.61 Å². The fourth-order valence-corrected chi connectivity index (χ4v) is 0.627. The fourth-order valence-electron chi connectivity index (χ4n) is 0.627. The topological polar surface area (TPSA) is 110 Å². The van der Waals surface area contributed by atoms with E-state index in [4.69, 9.17) is 16.6 Å². The van der Waals surface area contributed by atoms with Crippen molar-refractivity contribution >= 4 is 11.9 Å². The molecule has 5 N–H and O–H groups in total. The van der Waals surface area contributed by atoms with Crippen molar-refractivity contribution in [3.05, 3.63) is 0 Å². The van der Waals surface area contributed by atoms with E-state index >= 15 is 0 Å². The molecule has 0 aliphatic heterocycles. The van der Waals surface area contributed by atoms with E-state index < -0.39 is 24.7 Å². The van der Waals surface area contributed by atoms with Crippen LogP contribution in [0, 0.1) is 0 Å². The lowest BCUT2D eigenvalue weighted by Gasteiger charge is -2.20. The maximum Gasteiger partial charge on any atom is 0.322 e. The van der Waals surface area contributed by atoms with Crippen LogP contribution in [0.4, 0.5) is 4.79 Å². The number of nitrogens with two attached hydrogens (primary N) is 2. The van der Waals surface area contributed by atoms with Crippen molar-refractivity contribution in [2.45, 2.75) is 13.1 Å². The van der Waals surface area contributed by atoms with E-state index in [0.29, 0.717) is 4.90 Å². The van der Waals surface area contributed by atoms with Crippen LogP contribution in [0.3, 0.4) is 0 Å². The minimum atomic E-state index is -0.959. The second-order valence-electron chi connectivity index (χ2n) is 2.00. The molecule has 1 atom stereocenters. The van der Waals surface area contributed by atoms with Crippen LogP contribution in [0.5, 0.6) is 0 Å². The lowest BCUT2D eigenvalue weighted by molar-refractivity contribution is -0.132. The summed E-state index contributed by atoms with van der Waals surface area (Å²) < 4.78 is 0. The first kappa shape index (κ1) is 9.86. The molecule has 0 aliphatic carbocycles. The molecule has 0 heterocycles. The molecule has 0 aromatic heterocycles. The van der Waals surface area contributed by atoms with Gasteiger partial charge in [0.05, 0.1) is 6.17 Å². The van der Waals surface area contributed by atoms with Gasteiger partial charge in [-0.05, 0) is 6.92 Å². The summed E-state index contributed by atoms with van der Waals surface area (Å²) in [6.45, 7) is 0.642. The normalized spacial score (nSPS) is 12.3. The SMILES string of the molecule is CC(N)N(C(N)=O)C(=O)CO. The van der Waals surface area contributed by atoms with Gasteiger partial charge in [0.2, 0.25) is 0 Å². The van der Waals surface area contributed by atoms with E-state index in [2.05, 4.69) is 0 Å². The standard InChI is InChI=1S/C5H11N3O3/c1-3(6)8(5(7)11)4(10)2-9/h3,9H,2,6H2,1H3,(H2,7,11). The number of hydrogen-bond acceptors (Lipinski definition) is 4. The molecule has 0 saturated heterocycles. The number of hydrogen-bond donors (Lipinski definition) is 3. The van der Waals surface area contributed by atoms with Crippen LogP contribution in [-0.4, -0.2) is 34.7 Å². The molecule has 1 unspecified atom stereocenters. The number of carbonyl (C=O) groups excluding carboxylic acids is 2. The Morgan fingerprint density at radius 2 is 2.09 bits per heavy atom. The lowest BCUT2D eigenvalue weighted by Crippen LogP contribution is -2.51. The molecule has 64 valence electrons. The van der Waals surface area contributed by atoms with Crippen molar-refractivity contribution in [2.24, 2.45) is 11.5 Å². The fraction of sp³-hybridized carbons (Fsp3) is 0.600. The van der Waals surface area contributed by atoms with Gasteiger partial charge in [0, 0.05) is 0 Å². The summed E-state index contributed by atoms with van der Waals surface area (Å²) in [5.74, 6) is -0.799. The van der Waals surface area contributed by atoms with Crippen LogP contribution in [0.25, 0.3) is 0 Å². The summed E-state index contributed by atoms with van der Waals surface area (Å²) in [5.41, 5.74) is 10.00. The minimum absolute atomic E-state index is 0.583. The van der Waals surface area contributed by atoms with Crippen molar-refractivity contribution in [3.8, 4) is 0 Å². The predicted octanol–water partition coefficient (Wildman–Crippen LogP) is -1.81. The first-order valence-electron chi connectivity index (χ1n) is 2.98. The summed E-state index contributed by atoms with van der Waals surface area (Å²) in [6.07, 6.45) is -0.813. The smallest absolute Gasteiger partial charge is 0.322 e. The molecule has 0 aromatic rings. The predicted molar refractivity (Wildman–Crippen MR) is 37.2 cm³/mol. The first-order valence-corrected chi connectivity index (χ1v) is 2.98. The molecule has 0 radical (unpaired) electrons. The molecular formula is C5H11N3O3. The molecule has 0 bridgehead atoms. The molecule has 6 heteroatoms. The molecule has 0 aromatic carbocycles. The molecule has 11 heavy (non-hydrogen) atoms. The van der Waals surface area contributed by atoms with Crippen molar-refractivity contribution < 1.29 is 14.7 Å².